The molecular weight excluding hydrogens is 226 g/mol. The first-order valence-electron chi connectivity index (χ1n) is 6.82. The minimum Gasteiger partial charge on any atom is -0.310 e. The molecule has 0 saturated carbocycles. The van der Waals surface area contributed by atoms with E-state index in [1.54, 1.807) is 0 Å². The third kappa shape index (κ3) is 3.68. The van der Waals surface area contributed by atoms with Crippen LogP contribution >= 0.6 is 11.3 Å². The molecule has 0 bridgehead atoms. The van der Waals surface area contributed by atoms with Crippen LogP contribution in [0.2, 0.25) is 0 Å². The summed E-state index contributed by atoms with van der Waals surface area (Å²) in [4.78, 5) is 2.87. The molecule has 1 fully saturated rings. The van der Waals surface area contributed by atoms with Crippen molar-refractivity contribution in [3.05, 3.63) is 28.0 Å². The Labute approximate surface area is 109 Å². The molecule has 0 aliphatic carbocycles. The fourth-order valence-electron chi connectivity index (χ4n) is 2.44. The van der Waals surface area contributed by atoms with Gasteiger partial charge < -0.3 is 5.32 Å². The lowest BCUT2D eigenvalue weighted by Crippen LogP contribution is -2.36. The van der Waals surface area contributed by atoms with Crippen molar-refractivity contribution in [1.82, 2.24) is 5.32 Å². The normalized spacial score (nSPS) is 25.5. The Balaban J connectivity index is 1.91. The average Bonchev–Trinajstić information content (AvgIpc) is 2.84. The lowest BCUT2D eigenvalue weighted by molar-refractivity contribution is 0.326. The maximum atomic E-state index is 3.59. The molecule has 94 valence electrons. The van der Waals surface area contributed by atoms with E-state index in [0.717, 1.165) is 12.3 Å². The van der Waals surface area contributed by atoms with Crippen molar-refractivity contribution >= 4 is 17.4 Å². The van der Waals surface area contributed by atoms with Crippen LogP contribution in [0.4, 0.5) is 0 Å². The monoisotopic (exact) mass is 249 g/mol. The van der Waals surface area contributed by atoms with Crippen molar-refractivity contribution in [2.45, 2.75) is 45.6 Å². The van der Waals surface area contributed by atoms with Gasteiger partial charge in [0.2, 0.25) is 0 Å². The summed E-state index contributed by atoms with van der Waals surface area (Å²) in [6, 6.07) is 5.06. The van der Waals surface area contributed by atoms with Gasteiger partial charge in [0.05, 0.1) is 0 Å². The number of thiophene rings is 1. The first-order valence-corrected chi connectivity index (χ1v) is 7.63. The van der Waals surface area contributed by atoms with Gasteiger partial charge in [-0.2, -0.15) is 0 Å². The zero-order valence-electron chi connectivity index (χ0n) is 10.9. The maximum absolute atomic E-state index is 3.59. The maximum Gasteiger partial charge on any atom is 0.0270 e. The van der Waals surface area contributed by atoms with Crippen LogP contribution in [0.3, 0.4) is 0 Å². The fourth-order valence-corrected chi connectivity index (χ4v) is 3.30. The van der Waals surface area contributed by atoms with Crippen LogP contribution in [0.5, 0.6) is 0 Å². The third-order valence-electron chi connectivity index (χ3n) is 3.65. The molecule has 0 aromatic carbocycles. The second-order valence-corrected chi connectivity index (χ2v) is 6.08. The van der Waals surface area contributed by atoms with Gasteiger partial charge in [-0.3, -0.25) is 0 Å². The number of aryl methyl sites for hydroxylation is 1. The van der Waals surface area contributed by atoms with Crippen LogP contribution in [-0.4, -0.2) is 12.6 Å². The molecule has 2 rings (SSSR count). The zero-order chi connectivity index (χ0) is 12.1. The summed E-state index contributed by atoms with van der Waals surface area (Å²) in [5.41, 5.74) is 0. The molecule has 1 aliphatic rings. The standard InChI is InChI=1S/C15H23NS/c1-3-12-9-10-16-13(11-12)5-6-15-8-7-14(4-2)17-15/h5-8,12-13,16H,3-4,9-11H2,1-2H3/b6-5+. The molecule has 0 radical (unpaired) electrons. The summed E-state index contributed by atoms with van der Waals surface area (Å²) in [6.07, 6.45) is 9.77. The van der Waals surface area contributed by atoms with Crippen molar-refractivity contribution in [1.29, 1.82) is 0 Å². The number of nitrogens with one attached hydrogen (secondary N) is 1. The van der Waals surface area contributed by atoms with Crippen molar-refractivity contribution < 1.29 is 0 Å². The smallest absolute Gasteiger partial charge is 0.0270 e. The van der Waals surface area contributed by atoms with Gasteiger partial charge in [0, 0.05) is 15.8 Å². The molecule has 0 spiro atoms. The molecule has 2 heterocycles. The number of rotatable bonds is 4. The molecule has 1 aliphatic heterocycles. The molecule has 0 amide bonds. The van der Waals surface area contributed by atoms with Crippen molar-refractivity contribution in [2.75, 3.05) is 6.54 Å². The molecule has 17 heavy (non-hydrogen) atoms. The Bertz CT molecular complexity index is 367. The van der Waals surface area contributed by atoms with Crippen molar-refractivity contribution in [3.8, 4) is 0 Å². The van der Waals surface area contributed by atoms with Gasteiger partial charge in [0.1, 0.15) is 0 Å². The Morgan fingerprint density at radius 3 is 3.00 bits per heavy atom. The van der Waals surface area contributed by atoms with E-state index in [4.69, 9.17) is 0 Å². The summed E-state index contributed by atoms with van der Waals surface area (Å²) in [5, 5.41) is 3.59. The largest absolute Gasteiger partial charge is 0.310 e. The second-order valence-electron chi connectivity index (χ2n) is 4.88. The van der Waals surface area contributed by atoms with Gasteiger partial charge in [-0.25, -0.2) is 0 Å². The van der Waals surface area contributed by atoms with E-state index in [2.05, 4.69) is 43.4 Å². The third-order valence-corrected chi connectivity index (χ3v) is 4.84. The molecule has 2 atom stereocenters. The topological polar surface area (TPSA) is 12.0 Å². The highest BCUT2D eigenvalue weighted by atomic mass is 32.1. The highest BCUT2D eigenvalue weighted by Crippen LogP contribution is 2.22. The average molecular weight is 249 g/mol. The summed E-state index contributed by atoms with van der Waals surface area (Å²) in [7, 11) is 0. The SMILES string of the molecule is CCc1ccc(/C=C/C2CC(CC)CCN2)s1. The lowest BCUT2D eigenvalue weighted by Gasteiger charge is -2.27. The van der Waals surface area contributed by atoms with E-state index in [-0.39, 0.29) is 0 Å². The van der Waals surface area contributed by atoms with Gasteiger partial charge in [0.25, 0.3) is 0 Å². The summed E-state index contributed by atoms with van der Waals surface area (Å²) in [5.74, 6) is 0.917. The summed E-state index contributed by atoms with van der Waals surface area (Å²) in [6.45, 7) is 5.70. The molecule has 2 heteroatoms. The van der Waals surface area contributed by atoms with Crippen LogP contribution in [0.25, 0.3) is 6.08 Å². The first-order chi connectivity index (χ1) is 8.31. The second kappa shape index (κ2) is 6.36. The molecule has 2 unspecified atom stereocenters. The number of hydrogen-bond acceptors (Lipinski definition) is 2. The van der Waals surface area contributed by atoms with E-state index in [9.17, 15) is 0 Å². The summed E-state index contributed by atoms with van der Waals surface area (Å²) >= 11 is 1.91. The van der Waals surface area contributed by atoms with E-state index in [0.29, 0.717) is 6.04 Å². The van der Waals surface area contributed by atoms with Gasteiger partial charge >= 0.3 is 0 Å². The quantitative estimate of drug-likeness (QED) is 0.847. The van der Waals surface area contributed by atoms with Crippen LogP contribution < -0.4 is 5.32 Å². The molecule has 1 aromatic heterocycles. The minimum atomic E-state index is 0.584. The zero-order valence-corrected chi connectivity index (χ0v) is 11.7. The highest BCUT2D eigenvalue weighted by molar-refractivity contribution is 7.12. The predicted molar refractivity (Wildman–Crippen MR) is 77.5 cm³/mol. The molecule has 1 saturated heterocycles. The predicted octanol–water partition coefficient (Wildman–Crippen LogP) is 4.10. The first kappa shape index (κ1) is 12.8. The molecular formula is C15H23NS. The van der Waals surface area contributed by atoms with Crippen LogP contribution in [0.15, 0.2) is 18.2 Å². The highest BCUT2D eigenvalue weighted by Gasteiger charge is 2.17. The van der Waals surface area contributed by atoms with Gasteiger partial charge in [0.15, 0.2) is 0 Å². The van der Waals surface area contributed by atoms with Crippen LogP contribution in [0.1, 0.15) is 42.9 Å². The van der Waals surface area contributed by atoms with E-state index >= 15 is 0 Å². The summed E-state index contributed by atoms with van der Waals surface area (Å²) < 4.78 is 0. The Kier molecular flexibility index (Phi) is 4.81. The van der Waals surface area contributed by atoms with Crippen molar-refractivity contribution in [2.24, 2.45) is 5.92 Å². The van der Waals surface area contributed by atoms with Gasteiger partial charge in [-0.05, 0) is 49.9 Å². The van der Waals surface area contributed by atoms with E-state index < -0.39 is 0 Å². The van der Waals surface area contributed by atoms with Crippen LogP contribution in [0, 0.1) is 5.92 Å². The van der Waals surface area contributed by atoms with Gasteiger partial charge in [-0.1, -0.05) is 26.3 Å². The van der Waals surface area contributed by atoms with Gasteiger partial charge in [-0.15, -0.1) is 11.3 Å². The van der Waals surface area contributed by atoms with E-state index in [1.807, 2.05) is 11.3 Å². The Morgan fingerprint density at radius 2 is 2.29 bits per heavy atom. The molecule has 1 aromatic rings. The Morgan fingerprint density at radius 1 is 1.41 bits per heavy atom. The lowest BCUT2D eigenvalue weighted by atomic mass is 9.90. The Hall–Kier alpha value is -0.600. The van der Waals surface area contributed by atoms with E-state index in [1.165, 1.54) is 35.6 Å². The molecule has 1 N–H and O–H groups in total. The van der Waals surface area contributed by atoms with Crippen LogP contribution in [-0.2, 0) is 6.42 Å². The number of hydrogen-bond donors (Lipinski definition) is 1. The number of piperidine rings is 1. The fraction of sp³-hybridized carbons (Fsp3) is 0.600. The van der Waals surface area contributed by atoms with Crippen molar-refractivity contribution in [3.63, 3.8) is 0 Å². The minimum absolute atomic E-state index is 0.584. The molecule has 1 nitrogen and oxygen atoms in total.